The second kappa shape index (κ2) is 7.57. The molecule has 25 heavy (non-hydrogen) atoms. The summed E-state index contributed by atoms with van der Waals surface area (Å²) in [4.78, 5) is 27.7. The van der Waals surface area contributed by atoms with Gasteiger partial charge in [-0.2, -0.15) is 0 Å². The molecule has 6 heteroatoms. The summed E-state index contributed by atoms with van der Waals surface area (Å²) < 4.78 is 0. The van der Waals surface area contributed by atoms with Gasteiger partial charge in [0, 0.05) is 55.1 Å². The van der Waals surface area contributed by atoms with Crippen molar-refractivity contribution < 1.29 is 9.59 Å². The Morgan fingerprint density at radius 3 is 2.28 bits per heavy atom. The SMILES string of the molecule is CC(=O)Nc1ccc(N2CCN(C(=O)c3cccc(Cl)c3)CC2)cc1. The number of amides is 2. The Labute approximate surface area is 152 Å². The summed E-state index contributed by atoms with van der Waals surface area (Å²) in [7, 11) is 0. The highest BCUT2D eigenvalue weighted by Crippen LogP contribution is 2.20. The van der Waals surface area contributed by atoms with Crippen LogP contribution in [-0.4, -0.2) is 42.9 Å². The number of piperazine rings is 1. The van der Waals surface area contributed by atoms with Crippen molar-refractivity contribution in [3.8, 4) is 0 Å². The minimum absolute atomic E-state index is 0.0168. The summed E-state index contributed by atoms with van der Waals surface area (Å²) >= 11 is 5.97. The number of halogens is 1. The summed E-state index contributed by atoms with van der Waals surface area (Å²) in [5, 5.41) is 3.33. The van der Waals surface area contributed by atoms with E-state index in [-0.39, 0.29) is 11.8 Å². The van der Waals surface area contributed by atoms with Gasteiger partial charge in [0.15, 0.2) is 0 Å². The fourth-order valence-corrected chi connectivity index (χ4v) is 3.12. The fraction of sp³-hybridized carbons (Fsp3) is 0.263. The maximum Gasteiger partial charge on any atom is 0.254 e. The zero-order valence-corrected chi connectivity index (χ0v) is 14.8. The lowest BCUT2D eigenvalue weighted by Crippen LogP contribution is -2.48. The van der Waals surface area contributed by atoms with Crippen molar-refractivity contribution in [1.29, 1.82) is 0 Å². The summed E-state index contributed by atoms with van der Waals surface area (Å²) in [5.74, 6) is -0.0657. The van der Waals surface area contributed by atoms with Gasteiger partial charge in [0.05, 0.1) is 0 Å². The molecular formula is C19H20ClN3O2. The molecule has 1 heterocycles. The lowest BCUT2D eigenvalue weighted by Gasteiger charge is -2.36. The standard InChI is InChI=1S/C19H20ClN3O2/c1-14(24)21-17-5-7-18(8-6-17)22-9-11-23(12-10-22)19(25)15-3-2-4-16(20)13-15/h2-8,13H,9-12H2,1H3,(H,21,24). The van der Waals surface area contributed by atoms with Crippen molar-refractivity contribution >= 4 is 34.8 Å². The molecule has 1 fully saturated rings. The van der Waals surface area contributed by atoms with Gasteiger partial charge in [-0.05, 0) is 42.5 Å². The van der Waals surface area contributed by atoms with E-state index in [1.54, 1.807) is 24.3 Å². The summed E-state index contributed by atoms with van der Waals surface area (Å²) in [6.07, 6.45) is 0. The normalized spacial score (nSPS) is 14.3. The molecular weight excluding hydrogens is 338 g/mol. The van der Waals surface area contributed by atoms with E-state index in [1.165, 1.54) is 6.92 Å². The highest BCUT2D eigenvalue weighted by Gasteiger charge is 2.22. The third kappa shape index (κ3) is 4.31. The third-order valence-corrected chi connectivity index (χ3v) is 4.43. The molecule has 2 aromatic carbocycles. The van der Waals surface area contributed by atoms with E-state index in [1.807, 2.05) is 29.2 Å². The summed E-state index contributed by atoms with van der Waals surface area (Å²) in [6, 6.07) is 14.8. The highest BCUT2D eigenvalue weighted by atomic mass is 35.5. The van der Waals surface area contributed by atoms with Gasteiger partial charge in [-0.25, -0.2) is 0 Å². The first-order valence-electron chi connectivity index (χ1n) is 8.20. The fourth-order valence-electron chi connectivity index (χ4n) is 2.93. The zero-order chi connectivity index (χ0) is 17.8. The van der Waals surface area contributed by atoms with Crippen LogP contribution in [-0.2, 0) is 4.79 Å². The highest BCUT2D eigenvalue weighted by molar-refractivity contribution is 6.30. The number of rotatable bonds is 3. The van der Waals surface area contributed by atoms with Crippen molar-refractivity contribution in [3.05, 3.63) is 59.1 Å². The number of anilines is 2. The smallest absolute Gasteiger partial charge is 0.254 e. The molecule has 0 aliphatic carbocycles. The molecule has 1 aliphatic rings. The van der Waals surface area contributed by atoms with Crippen LogP contribution in [0, 0.1) is 0 Å². The van der Waals surface area contributed by atoms with Crippen LogP contribution in [0.15, 0.2) is 48.5 Å². The van der Waals surface area contributed by atoms with Crippen LogP contribution in [0.5, 0.6) is 0 Å². The molecule has 2 amide bonds. The molecule has 5 nitrogen and oxygen atoms in total. The van der Waals surface area contributed by atoms with Gasteiger partial charge < -0.3 is 15.1 Å². The molecule has 0 unspecified atom stereocenters. The molecule has 0 aromatic heterocycles. The van der Waals surface area contributed by atoms with Gasteiger partial charge in [-0.3, -0.25) is 9.59 Å². The Morgan fingerprint density at radius 1 is 1.00 bits per heavy atom. The van der Waals surface area contributed by atoms with E-state index in [4.69, 9.17) is 11.6 Å². The van der Waals surface area contributed by atoms with E-state index in [9.17, 15) is 9.59 Å². The van der Waals surface area contributed by atoms with Gasteiger partial charge in [0.25, 0.3) is 5.91 Å². The molecule has 0 saturated carbocycles. The van der Waals surface area contributed by atoms with Gasteiger partial charge in [0.2, 0.25) is 5.91 Å². The average molecular weight is 358 g/mol. The van der Waals surface area contributed by atoms with E-state index < -0.39 is 0 Å². The number of nitrogens with zero attached hydrogens (tertiary/aromatic N) is 2. The maximum absolute atomic E-state index is 12.6. The van der Waals surface area contributed by atoms with Gasteiger partial charge in [-0.1, -0.05) is 17.7 Å². The zero-order valence-electron chi connectivity index (χ0n) is 14.0. The van der Waals surface area contributed by atoms with Crippen LogP contribution in [0.4, 0.5) is 11.4 Å². The van der Waals surface area contributed by atoms with Crippen molar-refractivity contribution in [2.75, 3.05) is 36.4 Å². The maximum atomic E-state index is 12.6. The summed E-state index contributed by atoms with van der Waals surface area (Å²) in [5.41, 5.74) is 2.50. The number of carbonyl (C=O) groups excluding carboxylic acids is 2. The molecule has 2 aromatic rings. The summed E-state index contributed by atoms with van der Waals surface area (Å²) in [6.45, 7) is 4.36. The molecule has 0 spiro atoms. The van der Waals surface area contributed by atoms with Crippen molar-refractivity contribution in [1.82, 2.24) is 4.90 Å². The Morgan fingerprint density at radius 2 is 1.68 bits per heavy atom. The molecule has 1 N–H and O–H groups in total. The number of hydrogen-bond acceptors (Lipinski definition) is 3. The van der Waals surface area contributed by atoms with Crippen molar-refractivity contribution in [3.63, 3.8) is 0 Å². The third-order valence-electron chi connectivity index (χ3n) is 4.19. The number of hydrogen-bond donors (Lipinski definition) is 1. The molecule has 0 atom stereocenters. The lowest BCUT2D eigenvalue weighted by molar-refractivity contribution is -0.114. The van der Waals surface area contributed by atoms with Crippen molar-refractivity contribution in [2.24, 2.45) is 0 Å². The second-order valence-electron chi connectivity index (χ2n) is 6.02. The quantitative estimate of drug-likeness (QED) is 0.917. The second-order valence-corrected chi connectivity index (χ2v) is 6.45. The van der Waals surface area contributed by atoms with Crippen LogP contribution < -0.4 is 10.2 Å². The number of benzene rings is 2. The monoisotopic (exact) mass is 357 g/mol. The van der Waals surface area contributed by atoms with Crippen LogP contribution in [0.25, 0.3) is 0 Å². The Bertz CT molecular complexity index is 768. The number of nitrogens with one attached hydrogen (secondary N) is 1. The molecule has 3 rings (SSSR count). The van der Waals surface area contributed by atoms with E-state index in [2.05, 4.69) is 10.2 Å². The molecule has 1 aliphatic heterocycles. The van der Waals surface area contributed by atoms with Gasteiger partial charge >= 0.3 is 0 Å². The Hall–Kier alpha value is -2.53. The van der Waals surface area contributed by atoms with Crippen LogP contribution in [0.1, 0.15) is 17.3 Å². The van der Waals surface area contributed by atoms with Crippen LogP contribution >= 0.6 is 11.6 Å². The Kier molecular flexibility index (Phi) is 5.24. The van der Waals surface area contributed by atoms with E-state index in [0.717, 1.165) is 24.5 Å². The predicted octanol–water partition coefficient (Wildman–Crippen LogP) is 3.26. The van der Waals surface area contributed by atoms with Gasteiger partial charge in [-0.15, -0.1) is 0 Å². The largest absolute Gasteiger partial charge is 0.368 e. The van der Waals surface area contributed by atoms with E-state index in [0.29, 0.717) is 23.7 Å². The average Bonchev–Trinajstić information content (AvgIpc) is 2.61. The van der Waals surface area contributed by atoms with Crippen LogP contribution in [0.2, 0.25) is 5.02 Å². The Balaban J connectivity index is 1.60. The minimum atomic E-state index is -0.0825. The topological polar surface area (TPSA) is 52.7 Å². The van der Waals surface area contributed by atoms with Crippen LogP contribution in [0.3, 0.4) is 0 Å². The first-order valence-corrected chi connectivity index (χ1v) is 8.58. The van der Waals surface area contributed by atoms with Crippen molar-refractivity contribution in [2.45, 2.75) is 6.92 Å². The lowest BCUT2D eigenvalue weighted by atomic mass is 10.1. The molecule has 0 radical (unpaired) electrons. The van der Waals surface area contributed by atoms with E-state index >= 15 is 0 Å². The number of carbonyl (C=O) groups is 2. The van der Waals surface area contributed by atoms with Gasteiger partial charge in [0.1, 0.15) is 0 Å². The first kappa shape index (κ1) is 17.3. The minimum Gasteiger partial charge on any atom is -0.368 e. The molecule has 130 valence electrons. The molecule has 0 bridgehead atoms. The first-order chi connectivity index (χ1) is 12.0. The predicted molar refractivity (Wildman–Crippen MR) is 100 cm³/mol. The molecule has 1 saturated heterocycles.